The summed E-state index contributed by atoms with van der Waals surface area (Å²) in [5.41, 5.74) is 2.43. The van der Waals surface area contributed by atoms with Gasteiger partial charge in [0.1, 0.15) is 17.9 Å². The smallest absolute Gasteiger partial charge is 0.415 e. The lowest BCUT2D eigenvalue weighted by Crippen LogP contribution is -2.58. The molecule has 1 aromatic carbocycles. The van der Waals surface area contributed by atoms with Gasteiger partial charge in [0, 0.05) is 48.0 Å². The molecule has 5 aliphatic rings. The molecule has 0 saturated heterocycles. The van der Waals surface area contributed by atoms with Gasteiger partial charge < -0.3 is 40.5 Å². The number of hydrogen-bond acceptors (Lipinski definition) is 13. The summed E-state index contributed by atoms with van der Waals surface area (Å²) >= 11 is 1.25. The van der Waals surface area contributed by atoms with Crippen LogP contribution in [0.25, 0.3) is 10.2 Å². The molecular weight excluding hydrogens is 965 g/mol. The van der Waals surface area contributed by atoms with Crippen LogP contribution >= 0.6 is 11.3 Å². The highest BCUT2D eigenvalue weighted by Gasteiger charge is 2.63. The van der Waals surface area contributed by atoms with Crippen molar-refractivity contribution in [1.29, 1.82) is 5.26 Å². The number of Topliss-reactive ketones (excluding diaryl/α,β-unsaturated/α-hetero) is 2. The first kappa shape index (κ1) is 58.6. The lowest BCUT2D eigenvalue weighted by atomic mass is 9.43. The number of nitrogens with zero attached hydrogens (tertiary/aromatic N) is 4. The molecule has 0 spiro atoms. The van der Waals surface area contributed by atoms with Gasteiger partial charge in [0.15, 0.2) is 16.6 Å². The number of carbonyl (C=O) groups excluding carboxylic acids is 3. The normalized spacial score (nSPS) is 28.8. The molecular formula is C60H90N6O8S. The summed E-state index contributed by atoms with van der Waals surface area (Å²) in [5, 5.41) is 49.1. The highest BCUT2D eigenvalue weighted by Crippen LogP contribution is 2.68. The fraction of sp³-hybridized carbons (Fsp3) is 0.733. The third kappa shape index (κ3) is 13.1. The summed E-state index contributed by atoms with van der Waals surface area (Å²) < 4.78 is 6.65. The van der Waals surface area contributed by atoms with E-state index in [-0.39, 0.29) is 34.6 Å². The number of ketones is 2. The number of aliphatic hydroxyl groups is 2. The molecule has 1 aromatic heterocycles. The minimum atomic E-state index is -0.808. The Morgan fingerprint density at radius 1 is 0.893 bits per heavy atom. The standard InChI is InChI=1S/C60H90N6O8S/c1-37(45-20-21-46-44-19-17-41-33-42(67)23-24-59(41,7)47(44)35-51(68)60(45,46)8)15-14-28-63-49(56(71)72)16-10-11-26-62-27-12-13-29-66(57(73)74-43-18-22-48-50(34-43)75-52(36-61)64-48)32-31-65(9)30-25-58(5,6)53-40(4)54(69)38(2)39(3)55(53)70/h18,22,34,37,41-42,44-47,49,51,62-63,67-68H,10-17,19-21,23-33,35H2,1-9H3,(H,71,72)/t37-,41-,42-,44+,45-,46+,47+,49?,51+,59+,60-/m1/s1. The number of fused-ring (bicyclic) bond motifs is 6. The lowest BCUT2D eigenvalue weighted by Gasteiger charge is -2.62. The van der Waals surface area contributed by atoms with Crippen LogP contribution in [-0.4, -0.2) is 125 Å². The van der Waals surface area contributed by atoms with Gasteiger partial charge in [-0.1, -0.05) is 41.0 Å². The van der Waals surface area contributed by atoms with Crippen molar-refractivity contribution in [1.82, 2.24) is 25.4 Å². The maximum Gasteiger partial charge on any atom is 0.415 e. The molecule has 5 N–H and O–H groups in total. The Labute approximate surface area is 451 Å². The summed E-state index contributed by atoms with van der Waals surface area (Å²) in [4.78, 5) is 60.5. The number of nitrogens with one attached hydrogen (secondary N) is 2. The fourth-order valence-corrected chi connectivity index (χ4v) is 15.8. The number of allylic oxidation sites excluding steroid dienone is 4. The summed E-state index contributed by atoms with van der Waals surface area (Å²) in [6.07, 6.45) is 14.0. The molecule has 75 heavy (non-hydrogen) atoms. The number of aromatic nitrogens is 1. The van der Waals surface area contributed by atoms with E-state index in [1.165, 1.54) is 37.0 Å². The Kier molecular flexibility index (Phi) is 19.7. The molecule has 0 bridgehead atoms. The largest absolute Gasteiger partial charge is 0.480 e. The highest BCUT2D eigenvalue weighted by molar-refractivity contribution is 7.19. The van der Waals surface area contributed by atoms with Crippen LogP contribution in [0.1, 0.15) is 163 Å². The van der Waals surface area contributed by atoms with E-state index >= 15 is 0 Å². The average molecular weight is 1060 g/mol. The third-order valence-corrected chi connectivity index (χ3v) is 20.7. The van der Waals surface area contributed by atoms with Crippen molar-refractivity contribution >= 4 is 45.2 Å². The Balaban J connectivity index is 0.813. The van der Waals surface area contributed by atoms with Gasteiger partial charge in [0.05, 0.1) is 22.4 Å². The number of thiazole rings is 1. The van der Waals surface area contributed by atoms with E-state index in [1.807, 2.05) is 20.9 Å². The zero-order chi connectivity index (χ0) is 54.4. The third-order valence-electron chi connectivity index (χ3n) is 19.8. The second kappa shape index (κ2) is 25.2. The predicted octanol–water partition coefficient (Wildman–Crippen LogP) is 10.1. The number of nitriles is 1. The number of rotatable bonds is 25. The number of ether oxygens (including phenoxy) is 1. The molecule has 1 heterocycles. The van der Waals surface area contributed by atoms with Gasteiger partial charge >= 0.3 is 12.1 Å². The molecule has 11 atom stereocenters. The SMILES string of the molecule is CC1=C(C)C(=O)C(C(C)(C)CCN(C)CCN(CCCCNCCCCC(NCCC[C@@H](C)[C@H]2CC[C@H]3[C@@H]4CC[C@@H]5C[C@H](O)CC[C@]5(C)[C@H]4C[C@H](O)[C@]23C)C(=O)O)C(=O)Oc2ccc3nc(C#N)sc3c2)=C(C)C1=O. The van der Waals surface area contributed by atoms with E-state index in [2.05, 4.69) is 47.4 Å². The van der Waals surface area contributed by atoms with Crippen LogP contribution in [0, 0.1) is 63.1 Å². The van der Waals surface area contributed by atoms with Crippen molar-refractivity contribution in [3.05, 3.63) is 45.5 Å². The van der Waals surface area contributed by atoms with Gasteiger partial charge in [0.2, 0.25) is 0 Å². The van der Waals surface area contributed by atoms with E-state index in [4.69, 9.17) is 4.74 Å². The Morgan fingerprint density at radius 3 is 2.36 bits per heavy atom. The van der Waals surface area contributed by atoms with E-state index in [1.54, 1.807) is 43.9 Å². The van der Waals surface area contributed by atoms with Crippen molar-refractivity contribution in [3.63, 3.8) is 0 Å². The van der Waals surface area contributed by atoms with Crippen LogP contribution in [-0.2, 0) is 14.4 Å². The van der Waals surface area contributed by atoms with E-state index < -0.39 is 23.5 Å². The zero-order valence-electron chi connectivity index (χ0n) is 46.8. The summed E-state index contributed by atoms with van der Waals surface area (Å²) in [6.45, 7) is 20.8. The molecule has 7 rings (SSSR count). The number of aliphatic carboxylic acids is 1. The molecule has 5 aliphatic carbocycles. The molecule has 1 amide bonds. The highest BCUT2D eigenvalue weighted by atomic mass is 32.1. The number of carboxylic acid groups (broad SMARTS) is 1. The van der Waals surface area contributed by atoms with Crippen molar-refractivity contribution in [2.75, 3.05) is 52.9 Å². The molecule has 414 valence electrons. The van der Waals surface area contributed by atoms with Crippen LogP contribution in [0.3, 0.4) is 0 Å². The quantitative estimate of drug-likeness (QED) is 0.0464. The minimum Gasteiger partial charge on any atom is -0.480 e. The second-order valence-electron chi connectivity index (χ2n) is 24.8. The molecule has 15 heteroatoms. The molecule has 0 radical (unpaired) electrons. The van der Waals surface area contributed by atoms with Gasteiger partial charge in [0.25, 0.3) is 0 Å². The summed E-state index contributed by atoms with van der Waals surface area (Å²) in [6, 6.07) is 6.67. The zero-order valence-corrected chi connectivity index (χ0v) is 47.6. The Bertz CT molecular complexity index is 2480. The number of carbonyl (C=O) groups is 4. The first-order valence-electron chi connectivity index (χ1n) is 28.6. The predicted molar refractivity (Wildman–Crippen MR) is 295 cm³/mol. The van der Waals surface area contributed by atoms with Crippen LogP contribution in [0.5, 0.6) is 5.75 Å². The van der Waals surface area contributed by atoms with E-state index in [0.29, 0.717) is 120 Å². The van der Waals surface area contributed by atoms with Crippen LogP contribution in [0.4, 0.5) is 4.79 Å². The van der Waals surface area contributed by atoms with Gasteiger partial charge in [-0.25, -0.2) is 9.78 Å². The molecule has 2 aromatic rings. The molecule has 1 unspecified atom stereocenters. The minimum absolute atomic E-state index is 0.0613. The van der Waals surface area contributed by atoms with E-state index in [9.17, 15) is 39.8 Å². The number of hydrogen-bond donors (Lipinski definition) is 5. The fourth-order valence-electron chi connectivity index (χ4n) is 15.0. The van der Waals surface area contributed by atoms with Crippen LogP contribution in [0.15, 0.2) is 40.5 Å². The molecule has 4 fully saturated rings. The first-order valence-corrected chi connectivity index (χ1v) is 29.4. The van der Waals surface area contributed by atoms with Crippen LogP contribution < -0.4 is 15.4 Å². The van der Waals surface area contributed by atoms with Gasteiger partial charge in [-0.05, 0) is 214 Å². The van der Waals surface area contributed by atoms with E-state index in [0.717, 1.165) is 82.0 Å². The summed E-state index contributed by atoms with van der Waals surface area (Å²) in [7, 11) is 1.99. The maximum atomic E-state index is 13.7. The lowest BCUT2D eigenvalue weighted by molar-refractivity contribution is -0.174. The number of unbranched alkanes of at least 4 members (excludes halogenated alkanes) is 2. The van der Waals surface area contributed by atoms with Gasteiger partial charge in [-0.2, -0.15) is 5.26 Å². The average Bonchev–Trinajstić information content (AvgIpc) is 3.98. The molecule has 14 nitrogen and oxygen atoms in total. The molecule has 0 aliphatic heterocycles. The Hall–Kier alpha value is -4.04. The molecule has 4 saturated carbocycles. The van der Waals surface area contributed by atoms with Gasteiger partial charge in [-0.15, -0.1) is 11.3 Å². The monoisotopic (exact) mass is 1050 g/mol. The number of amides is 1. The number of benzene rings is 1. The van der Waals surface area contributed by atoms with Crippen molar-refractivity contribution in [2.45, 2.75) is 176 Å². The topological polar surface area (TPSA) is 205 Å². The number of aliphatic hydroxyl groups excluding tert-OH is 2. The van der Waals surface area contributed by atoms with Crippen molar-refractivity contribution in [3.8, 4) is 11.8 Å². The second-order valence-corrected chi connectivity index (χ2v) is 25.8. The number of carboxylic acids is 1. The number of likely N-dealkylation sites (N-methyl/N-ethyl adjacent to an activating group) is 1. The summed E-state index contributed by atoms with van der Waals surface area (Å²) in [5.74, 6) is 2.72. The van der Waals surface area contributed by atoms with Crippen LogP contribution in [0.2, 0.25) is 0 Å². The Morgan fingerprint density at radius 2 is 1.63 bits per heavy atom. The van der Waals surface area contributed by atoms with Crippen molar-refractivity contribution < 1.29 is 39.2 Å². The first-order chi connectivity index (χ1) is 35.6. The maximum absolute atomic E-state index is 13.7. The van der Waals surface area contributed by atoms with Gasteiger partial charge in [-0.3, -0.25) is 14.4 Å². The van der Waals surface area contributed by atoms with Crippen molar-refractivity contribution in [2.24, 2.45) is 51.8 Å².